The van der Waals surface area contributed by atoms with Gasteiger partial charge in [0.05, 0.1) is 5.69 Å². The van der Waals surface area contributed by atoms with Crippen molar-refractivity contribution in [1.29, 1.82) is 0 Å². The maximum absolute atomic E-state index is 11.7. The molecule has 1 saturated heterocycles. The highest BCUT2D eigenvalue weighted by atomic mass is 32.1. The Hall–Kier alpha value is -1.63. The number of fused-ring (bicyclic) bond motifs is 1. The lowest BCUT2D eigenvalue weighted by Crippen LogP contribution is -2.44. The lowest BCUT2D eigenvalue weighted by Gasteiger charge is -2.22. The third-order valence-corrected chi connectivity index (χ3v) is 4.66. The van der Waals surface area contributed by atoms with Crippen molar-refractivity contribution >= 4 is 28.3 Å². The Kier molecular flexibility index (Phi) is 3.14. The molecule has 3 rings (SSSR count). The third-order valence-electron chi connectivity index (χ3n) is 3.60. The number of carbonyl (C=O) groups is 2. The fraction of sp³-hybridized carbons (Fsp3) is 0.583. The number of nitrogens with one attached hydrogen (secondary N) is 2. The Morgan fingerprint density at radius 2 is 2.32 bits per heavy atom. The summed E-state index contributed by atoms with van der Waals surface area (Å²) < 4.78 is 0. The molecule has 0 saturated carbocycles. The first-order valence-electron chi connectivity index (χ1n) is 6.42. The van der Waals surface area contributed by atoms with E-state index in [1.807, 2.05) is 0 Å². The highest BCUT2D eigenvalue weighted by Gasteiger charge is 2.33. The van der Waals surface area contributed by atoms with E-state index in [0.29, 0.717) is 17.2 Å². The van der Waals surface area contributed by atoms with Gasteiger partial charge in [-0.2, -0.15) is 0 Å². The molecule has 3 N–H and O–H groups in total. The number of nitrogens with zero attached hydrogens (tertiary/aromatic N) is 1. The van der Waals surface area contributed by atoms with Crippen LogP contribution in [0.2, 0.25) is 0 Å². The van der Waals surface area contributed by atoms with Crippen LogP contribution in [0.4, 0.5) is 5.13 Å². The molecule has 2 atom stereocenters. The van der Waals surface area contributed by atoms with Gasteiger partial charge in [0, 0.05) is 11.4 Å². The first kappa shape index (κ1) is 12.4. The first-order valence-corrected chi connectivity index (χ1v) is 7.23. The van der Waals surface area contributed by atoms with Gasteiger partial charge >= 0.3 is 5.97 Å². The molecule has 1 aliphatic heterocycles. The second-order valence-corrected chi connectivity index (χ2v) is 5.97. The molecule has 0 bridgehead atoms. The van der Waals surface area contributed by atoms with Gasteiger partial charge in [-0.25, -0.2) is 4.98 Å². The number of rotatable bonds is 3. The normalized spacial score (nSPS) is 25.8. The van der Waals surface area contributed by atoms with Crippen molar-refractivity contribution in [2.24, 2.45) is 0 Å². The maximum Gasteiger partial charge on any atom is 0.312 e. The molecule has 1 aromatic rings. The lowest BCUT2D eigenvalue weighted by atomic mass is 10.1. The smallest absolute Gasteiger partial charge is 0.312 e. The second-order valence-electron chi connectivity index (χ2n) is 4.89. The molecule has 7 heteroatoms. The van der Waals surface area contributed by atoms with Crippen molar-refractivity contribution in [1.82, 2.24) is 10.3 Å². The Morgan fingerprint density at radius 3 is 3.05 bits per heavy atom. The summed E-state index contributed by atoms with van der Waals surface area (Å²) in [4.78, 5) is 28.2. The molecule has 2 aliphatic rings. The summed E-state index contributed by atoms with van der Waals surface area (Å²) in [6.45, 7) is 0.729. The number of thiazole rings is 1. The van der Waals surface area contributed by atoms with E-state index < -0.39 is 11.9 Å². The largest absolute Gasteiger partial charge is 0.481 e. The number of aromatic nitrogens is 1. The summed E-state index contributed by atoms with van der Waals surface area (Å²) in [5.41, 5.74) is 0.677. The number of carboxylic acids is 1. The highest BCUT2D eigenvalue weighted by Crippen LogP contribution is 2.38. The average molecular weight is 281 g/mol. The zero-order chi connectivity index (χ0) is 13.4. The van der Waals surface area contributed by atoms with Crippen LogP contribution in [0.5, 0.6) is 0 Å². The quantitative estimate of drug-likeness (QED) is 0.767. The van der Waals surface area contributed by atoms with E-state index in [1.54, 1.807) is 0 Å². The Morgan fingerprint density at radius 1 is 1.47 bits per heavy atom. The van der Waals surface area contributed by atoms with Crippen LogP contribution in [0.3, 0.4) is 0 Å². The molecule has 102 valence electrons. The maximum atomic E-state index is 11.7. The minimum absolute atomic E-state index is 0.00334. The molecular weight excluding hydrogens is 266 g/mol. The van der Waals surface area contributed by atoms with Crippen LogP contribution in [0, 0.1) is 0 Å². The van der Waals surface area contributed by atoms with Crippen LogP contribution >= 0.6 is 11.3 Å². The number of carboxylic acid groups (broad SMARTS) is 1. The van der Waals surface area contributed by atoms with Crippen molar-refractivity contribution < 1.29 is 14.7 Å². The molecule has 1 fully saturated rings. The standard InChI is InChI=1S/C12H15N3O3S/c16-10-7(2-1-5-13-10)14-12-15-9-6(11(17)18)3-4-8(9)19-12/h6-7H,1-5H2,(H,13,16)(H,14,15)(H,17,18). The minimum Gasteiger partial charge on any atom is -0.481 e. The lowest BCUT2D eigenvalue weighted by molar-refractivity contribution is -0.138. The Labute approximate surface area is 114 Å². The second kappa shape index (κ2) is 4.80. The number of hydrogen-bond acceptors (Lipinski definition) is 5. The molecule has 1 aliphatic carbocycles. The van der Waals surface area contributed by atoms with Gasteiger partial charge in [-0.15, -0.1) is 11.3 Å². The molecule has 0 radical (unpaired) electrons. The van der Waals surface area contributed by atoms with Crippen LogP contribution in [0.25, 0.3) is 0 Å². The van der Waals surface area contributed by atoms with Crippen molar-refractivity contribution in [3.63, 3.8) is 0 Å². The van der Waals surface area contributed by atoms with Crippen LogP contribution in [0.15, 0.2) is 0 Å². The molecule has 1 aromatic heterocycles. The van der Waals surface area contributed by atoms with Crippen molar-refractivity contribution in [2.75, 3.05) is 11.9 Å². The van der Waals surface area contributed by atoms with Gasteiger partial charge in [-0.3, -0.25) is 9.59 Å². The van der Waals surface area contributed by atoms with E-state index in [-0.39, 0.29) is 11.9 Å². The van der Waals surface area contributed by atoms with Gasteiger partial charge in [0.15, 0.2) is 5.13 Å². The topological polar surface area (TPSA) is 91.3 Å². The molecule has 0 spiro atoms. The summed E-state index contributed by atoms with van der Waals surface area (Å²) in [5.74, 6) is -1.30. The number of aryl methyl sites for hydroxylation is 1. The Balaban J connectivity index is 1.75. The fourth-order valence-electron chi connectivity index (χ4n) is 2.59. The summed E-state index contributed by atoms with van der Waals surface area (Å²) in [6, 6.07) is -0.247. The zero-order valence-electron chi connectivity index (χ0n) is 10.3. The number of hydrogen-bond donors (Lipinski definition) is 3. The minimum atomic E-state index is -0.814. The average Bonchev–Trinajstić information content (AvgIpc) is 2.91. The van der Waals surface area contributed by atoms with Crippen LogP contribution in [-0.4, -0.2) is 34.6 Å². The van der Waals surface area contributed by atoms with Crippen LogP contribution < -0.4 is 10.6 Å². The van der Waals surface area contributed by atoms with Crippen molar-refractivity contribution in [3.8, 4) is 0 Å². The van der Waals surface area contributed by atoms with Crippen molar-refractivity contribution in [3.05, 3.63) is 10.6 Å². The van der Waals surface area contributed by atoms with Crippen LogP contribution in [0.1, 0.15) is 35.8 Å². The Bertz CT molecular complexity index is 528. The monoisotopic (exact) mass is 281 g/mol. The van der Waals surface area contributed by atoms with Gasteiger partial charge < -0.3 is 15.7 Å². The van der Waals surface area contributed by atoms with E-state index in [0.717, 1.165) is 30.7 Å². The predicted molar refractivity (Wildman–Crippen MR) is 70.5 cm³/mol. The molecule has 1 amide bonds. The van der Waals surface area contributed by atoms with Gasteiger partial charge in [-0.1, -0.05) is 0 Å². The van der Waals surface area contributed by atoms with Gasteiger partial charge in [0.2, 0.25) is 5.91 Å². The number of anilines is 1. The van der Waals surface area contributed by atoms with Gasteiger partial charge in [0.1, 0.15) is 12.0 Å². The molecule has 2 heterocycles. The van der Waals surface area contributed by atoms with Gasteiger partial charge in [-0.05, 0) is 25.7 Å². The summed E-state index contributed by atoms with van der Waals surface area (Å²) in [5, 5.41) is 15.7. The SMILES string of the molecule is O=C1NCCCC1Nc1nc2c(s1)CCC2C(=O)O. The summed E-state index contributed by atoms with van der Waals surface area (Å²) in [7, 11) is 0. The van der Waals surface area contributed by atoms with E-state index in [4.69, 9.17) is 5.11 Å². The summed E-state index contributed by atoms with van der Waals surface area (Å²) >= 11 is 1.47. The number of amides is 1. The first-order chi connectivity index (χ1) is 9.15. The van der Waals surface area contributed by atoms with E-state index in [9.17, 15) is 9.59 Å². The summed E-state index contributed by atoms with van der Waals surface area (Å²) in [6.07, 6.45) is 3.14. The third kappa shape index (κ3) is 2.30. The predicted octanol–water partition coefficient (Wildman–Crippen LogP) is 0.948. The van der Waals surface area contributed by atoms with E-state index in [2.05, 4.69) is 15.6 Å². The van der Waals surface area contributed by atoms with E-state index >= 15 is 0 Å². The number of carbonyl (C=O) groups excluding carboxylic acids is 1. The van der Waals surface area contributed by atoms with Crippen molar-refractivity contribution in [2.45, 2.75) is 37.6 Å². The molecule has 19 heavy (non-hydrogen) atoms. The molecule has 6 nitrogen and oxygen atoms in total. The van der Waals surface area contributed by atoms with Crippen LogP contribution in [-0.2, 0) is 16.0 Å². The molecule has 0 aromatic carbocycles. The molecular formula is C12H15N3O3S. The fourth-order valence-corrected chi connectivity index (χ4v) is 3.68. The molecule has 2 unspecified atom stereocenters. The van der Waals surface area contributed by atoms with E-state index in [1.165, 1.54) is 11.3 Å². The number of aliphatic carboxylic acids is 1. The highest BCUT2D eigenvalue weighted by molar-refractivity contribution is 7.15. The zero-order valence-corrected chi connectivity index (χ0v) is 11.1. The van der Waals surface area contributed by atoms with Gasteiger partial charge in [0.25, 0.3) is 0 Å². The number of piperidine rings is 1.